The first kappa shape index (κ1) is 10.9. The number of hydrogen-bond donors (Lipinski definition) is 2. The number of pyridine rings is 1. The lowest BCUT2D eigenvalue weighted by Crippen LogP contribution is -1.93. The number of hydrogen-bond acceptors (Lipinski definition) is 5. The summed E-state index contributed by atoms with van der Waals surface area (Å²) in [4.78, 5) is 9.48. The van der Waals surface area contributed by atoms with Gasteiger partial charge in [-0.05, 0) is 30.5 Å². The van der Waals surface area contributed by atoms with E-state index in [4.69, 9.17) is 5.73 Å². The maximum atomic E-state index is 5.62. The molecule has 4 nitrogen and oxygen atoms in total. The van der Waals surface area contributed by atoms with Gasteiger partial charge in [-0.3, -0.25) is 0 Å². The van der Waals surface area contributed by atoms with E-state index in [-0.39, 0.29) is 0 Å². The van der Waals surface area contributed by atoms with E-state index in [0.717, 1.165) is 18.0 Å². The molecule has 0 aliphatic heterocycles. The van der Waals surface area contributed by atoms with Crippen LogP contribution in [-0.2, 0) is 12.8 Å². The molecule has 0 atom stereocenters. The number of thiazole rings is 1. The van der Waals surface area contributed by atoms with Crippen LogP contribution < -0.4 is 11.1 Å². The van der Waals surface area contributed by atoms with Gasteiger partial charge in [0.2, 0.25) is 0 Å². The minimum atomic E-state index is 0.581. The Morgan fingerprint density at radius 1 is 1.38 bits per heavy atom. The third-order valence-corrected chi connectivity index (χ3v) is 3.35. The molecule has 0 bridgehead atoms. The van der Waals surface area contributed by atoms with Crippen molar-refractivity contribution in [2.75, 3.05) is 18.1 Å². The van der Waals surface area contributed by atoms with E-state index in [9.17, 15) is 0 Å². The fourth-order valence-corrected chi connectivity index (χ4v) is 2.22. The van der Waals surface area contributed by atoms with E-state index < -0.39 is 0 Å². The van der Waals surface area contributed by atoms with Crippen LogP contribution in [0.25, 0.3) is 0 Å². The van der Waals surface area contributed by atoms with Crippen molar-refractivity contribution in [3.05, 3.63) is 35.0 Å². The van der Waals surface area contributed by atoms with Gasteiger partial charge in [0.25, 0.3) is 0 Å². The highest BCUT2D eigenvalue weighted by Crippen LogP contribution is 2.19. The number of aromatic nitrogens is 2. The molecule has 2 heterocycles. The summed E-state index contributed by atoms with van der Waals surface area (Å²) in [6.07, 6.45) is 5.62. The first-order valence-corrected chi connectivity index (χ1v) is 5.92. The summed E-state index contributed by atoms with van der Waals surface area (Å²) in [6, 6.07) is 3.91. The largest absolute Gasteiger partial charge is 0.384 e. The van der Waals surface area contributed by atoms with Crippen LogP contribution in [0.2, 0.25) is 0 Å². The molecule has 2 aromatic heterocycles. The zero-order chi connectivity index (χ0) is 11.4. The van der Waals surface area contributed by atoms with E-state index >= 15 is 0 Å². The highest BCUT2D eigenvalue weighted by molar-refractivity contribution is 7.15. The Morgan fingerprint density at radius 2 is 2.25 bits per heavy atom. The van der Waals surface area contributed by atoms with Gasteiger partial charge < -0.3 is 11.1 Å². The molecule has 0 fully saturated rings. The number of nitrogen functional groups attached to an aromatic ring is 1. The van der Waals surface area contributed by atoms with Crippen molar-refractivity contribution in [3.63, 3.8) is 0 Å². The van der Waals surface area contributed by atoms with Crippen LogP contribution in [-0.4, -0.2) is 17.0 Å². The highest BCUT2D eigenvalue weighted by Gasteiger charge is 2.01. The van der Waals surface area contributed by atoms with Gasteiger partial charge in [-0.25, -0.2) is 9.97 Å². The normalized spacial score (nSPS) is 10.3. The number of nitrogens with zero attached hydrogens (tertiary/aromatic N) is 2. The van der Waals surface area contributed by atoms with Gasteiger partial charge in [0, 0.05) is 24.3 Å². The van der Waals surface area contributed by atoms with Gasteiger partial charge in [0.1, 0.15) is 5.82 Å². The van der Waals surface area contributed by atoms with Crippen LogP contribution in [0.3, 0.4) is 0 Å². The number of nitrogens with two attached hydrogens (primary N) is 1. The van der Waals surface area contributed by atoms with Gasteiger partial charge in [0.15, 0.2) is 5.13 Å². The maximum absolute atomic E-state index is 5.62. The standard InChI is InChI=1S/C11H14N4S/c1-13-11-15-7-9(16-11)3-2-8-4-5-14-10(12)6-8/h4-7H,2-3H2,1H3,(H2,12,14)(H,13,15). The molecule has 0 spiro atoms. The zero-order valence-corrected chi connectivity index (χ0v) is 9.92. The number of aryl methyl sites for hydroxylation is 2. The van der Waals surface area contributed by atoms with Crippen LogP contribution in [0.15, 0.2) is 24.5 Å². The second-order valence-corrected chi connectivity index (χ2v) is 4.59. The van der Waals surface area contributed by atoms with Crippen LogP contribution in [0.5, 0.6) is 0 Å². The Bertz CT molecular complexity index is 467. The summed E-state index contributed by atoms with van der Waals surface area (Å²) in [5.74, 6) is 0.581. The summed E-state index contributed by atoms with van der Waals surface area (Å²) >= 11 is 1.69. The highest BCUT2D eigenvalue weighted by atomic mass is 32.1. The Morgan fingerprint density at radius 3 is 2.94 bits per heavy atom. The summed E-state index contributed by atoms with van der Waals surface area (Å²) in [5.41, 5.74) is 6.84. The van der Waals surface area contributed by atoms with Crippen molar-refractivity contribution in [1.29, 1.82) is 0 Å². The second kappa shape index (κ2) is 4.94. The summed E-state index contributed by atoms with van der Waals surface area (Å²) in [6.45, 7) is 0. The molecule has 0 saturated heterocycles. The second-order valence-electron chi connectivity index (χ2n) is 3.47. The van der Waals surface area contributed by atoms with Crippen LogP contribution in [0.1, 0.15) is 10.4 Å². The fraction of sp³-hybridized carbons (Fsp3) is 0.273. The summed E-state index contributed by atoms with van der Waals surface area (Å²) in [7, 11) is 1.88. The van der Waals surface area contributed by atoms with Gasteiger partial charge in [-0.1, -0.05) is 0 Å². The lowest BCUT2D eigenvalue weighted by Gasteiger charge is -1.99. The molecule has 0 radical (unpaired) electrons. The third kappa shape index (κ3) is 2.70. The van der Waals surface area contributed by atoms with Crippen LogP contribution in [0, 0.1) is 0 Å². The van der Waals surface area contributed by atoms with Crippen molar-refractivity contribution in [2.45, 2.75) is 12.8 Å². The Balaban J connectivity index is 1.96. The molecule has 0 saturated carbocycles. The Labute approximate surface area is 98.6 Å². The summed E-state index contributed by atoms with van der Waals surface area (Å²) < 4.78 is 0. The third-order valence-electron chi connectivity index (χ3n) is 2.27. The first-order chi connectivity index (χ1) is 7.78. The molecule has 0 aromatic carbocycles. The lowest BCUT2D eigenvalue weighted by atomic mass is 10.1. The molecule has 16 heavy (non-hydrogen) atoms. The molecular formula is C11H14N4S. The van der Waals surface area contributed by atoms with E-state index in [1.54, 1.807) is 17.5 Å². The molecule has 0 aliphatic carbocycles. The van der Waals surface area contributed by atoms with Gasteiger partial charge in [-0.15, -0.1) is 11.3 Å². The fourth-order valence-electron chi connectivity index (χ4n) is 1.46. The Hall–Kier alpha value is -1.62. The predicted octanol–water partition coefficient (Wildman–Crippen LogP) is 1.95. The number of rotatable bonds is 4. The smallest absolute Gasteiger partial charge is 0.182 e. The van der Waals surface area contributed by atoms with Crippen molar-refractivity contribution in [1.82, 2.24) is 9.97 Å². The number of anilines is 2. The van der Waals surface area contributed by atoms with E-state index in [2.05, 4.69) is 15.3 Å². The molecule has 3 N–H and O–H groups in total. The monoisotopic (exact) mass is 234 g/mol. The van der Waals surface area contributed by atoms with Crippen molar-refractivity contribution >= 4 is 22.3 Å². The first-order valence-electron chi connectivity index (χ1n) is 5.11. The molecule has 2 rings (SSSR count). The molecule has 0 unspecified atom stereocenters. The zero-order valence-electron chi connectivity index (χ0n) is 9.10. The Kier molecular flexibility index (Phi) is 3.36. The molecular weight excluding hydrogens is 220 g/mol. The van der Waals surface area contributed by atoms with Gasteiger partial charge >= 0.3 is 0 Å². The van der Waals surface area contributed by atoms with Gasteiger partial charge in [-0.2, -0.15) is 0 Å². The van der Waals surface area contributed by atoms with Crippen LogP contribution >= 0.6 is 11.3 Å². The molecule has 0 aliphatic rings. The van der Waals surface area contributed by atoms with E-state index in [0.29, 0.717) is 5.82 Å². The van der Waals surface area contributed by atoms with Crippen LogP contribution in [0.4, 0.5) is 10.9 Å². The van der Waals surface area contributed by atoms with E-state index in [1.807, 2.05) is 25.4 Å². The van der Waals surface area contributed by atoms with Crippen molar-refractivity contribution in [2.24, 2.45) is 0 Å². The SMILES string of the molecule is CNc1ncc(CCc2ccnc(N)c2)s1. The molecule has 0 amide bonds. The minimum Gasteiger partial charge on any atom is -0.384 e. The van der Waals surface area contributed by atoms with Crippen molar-refractivity contribution < 1.29 is 0 Å². The average Bonchev–Trinajstić information content (AvgIpc) is 2.74. The van der Waals surface area contributed by atoms with E-state index in [1.165, 1.54) is 10.4 Å². The molecule has 5 heteroatoms. The van der Waals surface area contributed by atoms with Gasteiger partial charge in [0.05, 0.1) is 0 Å². The summed E-state index contributed by atoms with van der Waals surface area (Å²) in [5, 5.41) is 3.99. The predicted molar refractivity (Wildman–Crippen MR) is 67.7 cm³/mol. The topological polar surface area (TPSA) is 63.8 Å². The number of nitrogens with one attached hydrogen (secondary N) is 1. The maximum Gasteiger partial charge on any atom is 0.182 e. The minimum absolute atomic E-state index is 0.581. The quantitative estimate of drug-likeness (QED) is 0.848. The lowest BCUT2D eigenvalue weighted by molar-refractivity contribution is 0.972. The average molecular weight is 234 g/mol. The molecule has 84 valence electrons. The van der Waals surface area contributed by atoms with Crippen molar-refractivity contribution in [3.8, 4) is 0 Å². The molecule has 2 aromatic rings.